The Bertz CT molecular complexity index is 332. The highest BCUT2D eigenvalue weighted by Gasteiger charge is 2.25. The van der Waals surface area contributed by atoms with Crippen molar-refractivity contribution in [2.24, 2.45) is 5.92 Å². The highest BCUT2D eigenvalue weighted by Crippen LogP contribution is 2.18. The number of carboxylic acid groups (broad SMARTS) is 1. The van der Waals surface area contributed by atoms with Crippen LogP contribution in [0.2, 0.25) is 0 Å². The van der Waals surface area contributed by atoms with E-state index >= 15 is 0 Å². The Morgan fingerprint density at radius 2 is 2.11 bits per heavy atom. The van der Waals surface area contributed by atoms with Crippen LogP contribution in [0.3, 0.4) is 0 Å². The third-order valence-electron chi connectivity index (χ3n) is 2.79. The summed E-state index contributed by atoms with van der Waals surface area (Å²) in [4.78, 5) is 35.0. The van der Waals surface area contributed by atoms with Crippen LogP contribution in [0.5, 0.6) is 0 Å². The van der Waals surface area contributed by atoms with Crippen molar-refractivity contribution in [1.29, 1.82) is 0 Å². The SMILES string of the molecule is CCNC(=O)NC(=O)CN1CCC(CC(=O)O)C1. The fraction of sp³-hybridized carbons (Fsp3) is 0.727. The fourth-order valence-electron chi connectivity index (χ4n) is 2.04. The molecule has 0 aliphatic carbocycles. The van der Waals surface area contributed by atoms with Gasteiger partial charge in [-0.15, -0.1) is 0 Å². The zero-order valence-electron chi connectivity index (χ0n) is 10.4. The number of nitrogens with zero attached hydrogens (tertiary/aromatic N) is 1. The molecule has 1 fully saturated rings. The van der Waals surface area contributed by atoms with E-state index < -0.39 is 12.0 Å². The van der Waals surface area contributed by atoms with Crippen LogP contribution in [0.15, 0.2) is 0 Å². The van der Waals surface area contributed by atoms with Crippen LogP contribution < -0.4 is 10.6 Å². The molecule has 0 spiro atoms. The van der Waals surface area contributed by atoms with Gasteiger partial charge in [0.1, 0.15) is 0 Å². The van der Waals surface area contributed by atoms with Gasteiger partial charge in [-0.05, 0) is 25.8 Å². The van der Waals surface area contributed by atoms with Gasteiger partial charge >= 0.3 is 12.0 Å². The number of likely N-dealkylation sites (tertiary alicyclic amines) is 1. The van der Waals surface area contributed by atoms with Gasteiger partial charge in [0.05, 0.1) is 6.54 Å². The molecule has 3 amide bonds. The van der Waals surface area contributed by atoms with Crippen molar-refractivity contribution in [2.45, 2.75) is 19.8 Å². The van der Waals surface area contributed by atoms with Gasteiger partial charge in [0.25, 0.3) is 0 Å². The molecule has 0 saturated carbocycles. The first kappa shape index (κ1) is 14.4. The minimum Gasteiger partial charge on any atom is -0.481 e. The van der Waals surface area contributed by atoms with Crippen LogP contribution >= 0.6 is 0 Å². The number of imide groups is 1. The Morgan fingerprint density at radius 3 is 2.72 bits per heavy atom. The van der Waals surface area contributed by atoms with Crippen LogP contribution in [0.4, 0.5) is 4.79 Å². The van der Waals surface area contributed by atoms with E-state index in [9.17, 15) is 14.4 Å². The summed E-state index contributed by atoms with van der Waals surface area (Å²) in [7, 11) is 0. The van der Waals surface area contributed by atoms with Gasteiger partial charge in [-0.1, -0.05) is 0 Å². The van der Waals surface area contributed by atoms with Crippen LogP contribution in [0.1, 0.15) is 19.8 Å². The first-order chi connectivity index (χ1) is 8.51. The Kier molecular flexibility index (Phi) is 5.57. The molecule has 0 aromatic carbocycles. The number of aliphatic carboxylic acids is 1. The number of carboxylic acids is 1. The minimum atomic E-state index is -0.811. The van der Waals surface area contributed by atoms with Crippen molar-refractivity contribution < 1.29 is 19.5 Å². The van der Waals surface area contributed by atoms with Crippen molar-refractivity contribution in [3.63, 3.8) is 0 Å². The van der Waals surface area contributed by atoms with Crippen LogP contribution in [-0.2, 0) is 9.59 Å². The van der Waals surface area contributed by atoms with Crippen LogP contribution in [0.25, 0.3) is 0 Å². The predicted octanol–water partition coefficient (Wildman–Crippen LogP) is -0.371. The van der Waals surface area contributed by atoms with Crippen molar-refractivity contribution in [3.05, 3.63) is 0 Å². The molecule has 1 saturated heterocycles. The second-order valence-corrected chi connectivity index (χ2v) is 4.40. The maximum atomic E-state index is 11.5. The summed E-state index contributed by atoms with van der Waals surface area (Å²) < 4.78 is 0. The van der Waals surface area contributed by atoms with Gasteiger partial charge < -0.3 is 10.4 Å². The number of carbonyl (C=O) groups excluding carboxylic acids is 2. The van der Waals surface area contributed by atoms with E-state index in [1.165, 1.54) is 0 Å². The van der Waals surface area contributed by atoms with Gasteiger partial charge in [-0.3, -0.25) is 19.8 Å². The number of hydrogen-bond acceptors (Lipinski definition) is 4. The molecule has 0 bridgehead atoms. The Balaban J connectivity index is 2.25. The molecule has 1 heterocycles. The lowest BCUT2D eigenvalue weighted by atomic mass is 10.1. The average Bonchev–Trinajstić information content (AvgIpc) is 2.64. The molecule has 1 atom stereocenters. The Hall–Kier alpha value is -1.63. The summed E-state index contributed by atoms with van der Waals surface area (Å²) >= 11 is 0. The summed E-state index contributed by atoms with van der Waals surface area (Å²) in [5, 5.41) is 13.4. The third-order valence-corrected chi connectivity index (χ3v) is 2.79. The van der Waals surface area contributed by atoms with E-state index in [0.717, 1.165) is 6.42 Å². The van der Waals surface area contributed by atoms with E-state index in [1.807, 2.05) is 4.90 Å². The number of amides is 3. The van der Waals surface area contributed by atoms with Crippen molar-refractivity contribution in [2.75, 3.05) is 26.2 Å². The molecule has 1 rings (SSSR count). The molecule has 0 radical (unpaired) electrons. The standard InChI is InChI=1S/C11H19N3O4/c1-2-12-11(18)13-9(15)7-14-4-3-8(6-14)5-10(16)17/h8H,2-7H2,1H3,(H,16,17)(H2,12,13,15,18). The lowest BCUT2D eigenvalue weighted by Gasteiger charge is -2.14. The highest BCUT2D eigenvalue weighted by atomic mass is 16.4. The van der Waals surface area contributed by atoms with Crippen LogP contribution in [0, 0.1) is 5.92 Å². The molecule has 102 valence electrons. The van der Waals surface area contributed by atoms with E-state index in [-0.39, 0.29) is 24.8 Å². The van der Waals surface area contributed by atoms with E-state index in [1.54, 1.807) is 6.92 Å². The second kappa shape index (κ2) is 6.95. The number of urea groups is 1. The van der Waals surface area contributed by atoms with E-state index in [2.05, 4.69) is 10.6 Å². The van der Waals surface area contributed by atoms with Crippen molar-refractivity contribution in [1.82, 2.24) is 15.5 Å². The van der Waals surface area contributed by atoms with E-state index in [4.69, 9.17) is 5.11 Å². The van der Waals surface area contributed by atoms with Crippen molar-refractivity contribution in [3.8, 4) is 0 Å². The van der Waals surface area contributed by atoms with Crippen LogP contribution in [-0.4, -0.2) is 54.1 Å². The highest BCUT2D eigenvalue weighted by molar-refractivity contribution is 5.95. The molecule has 0 aromatic heterocycles. The summed E-state index contributed by atoms with van der Waals surface area (Å²) in [6.07, 6.45) is 0.912. The largest absolute Gasteiger partial charge is 0.481 e. The summed E-state index contributed by atoms with van der Waals surface area (Å²) in [5.41, 5.74) is 0. The molecule has 3 N–H and O–H groups in total. The molecule has 7 nitrogen and oxygen atoms in total. The fourth-order valence-corrected chi connectivity index (χ4v) is 2.04. The lowest BCUT2D eigenvalue weighted by molar-refractivity contribution is -0.138. The minimum absolute atomic E-state index is 0.0970. The monoisotopic (exact) mass is 257 g/mol. The summed E-state index contributed by atoms with van der Waals surface area (Å²) in [5.74, 6) is -1.08. The zero-order chi connectivity index (χ0) is 13.5. The van der Waals surface area contributed by atoms with Gasteiger partial charge in [0.2, 0.25) is 5.91 Å². The zero-order valence-corrected chi connectivity index (χ0v) is 10.4. The number of nitrogens with one attached hydrogen (secondary N) is 2. The first-order valence-electron chi connectivity index (χ1n) is 6.03. The third kappa shape index (κ3) is 5.13. The number of carbonyl (C=O) groups is 3. The molecule has 0 aromatic rings. The maximum absolute atomic E-state index is 11.5. The summed E-state index contributed by atoms with van der Waals surface area (Å²) in [6.45, 7) is 3.65. The molecule has 1 aliphatic rings. The maximum Gasteiger partial charge on any atom is 0.321 e. The second-order valence-electron chi connectivity index (χ2n) is 4.40. The van der Waals surface area contributed by atoms with Gasteiger partial charge in [-0.25, -0.2) is 4.79 Å². The lowest BCUT2D eigenvalue weighted by Crippen LogP contribution is -2.44. The quantitative estimate of drug-likeness (QED) is 0.624. The molecule has 1 unspecified atom stereocenters. The first-order valence-corrected chi connectivity index (χ1v) is 6.03. The molecule has 1 aliphatic heterocycles. The Labute approximate surface area is 106 Å². The molecule has 7 heteroatoms. The van der Waals surface area contributed by atoms with E-state index in [0.29, 0.717) is 19.6 Å². The predicted molar refractivity (Wildman–Crippen MR) is 64.0 cm³/mol. The average molecular weight is 257 g/mol. The Morgan fingerprint density at radius 1 is 1.39 bits per heavy atom. The topological polar surface area (TPSA) is 98.7 Å². The molecular weight excluding hydrogens is 238 g/mol. The van der Waals surface area contributed by atoms with Gasteiger partial charge in [-0.2, -0.15) is 0 Å². The van der Waals surface area contributed by atoms with Gasteiger partial charge in [0.15, 0.2) is 0 Å². The smallest absolute Gasteiger partial charge is 0.321 e. The van der Waals surface area contributed by atoms with Gasteiger partial charge in [0, 0.05) is 19.5 Å². The molecule has 18 heavy (non-hydrogen) atoms. The van der Waals surface area contributed by atoms with Crippen molar-refractivity contribution >= 4 is 17.9 Å². The summed E-state index contributed by atoms with van der Waals surface area (Å²) in [6, 6.07) is -0.496. The molecular formula is C11H19N3O4. The number of hydrogen-bond donors (Lipinski definition) is 3. The normalized spacial score (nSPS) is 19.5. The number of rotatable bonds is 5.